The lowest BCUT2D eigenvalue weighted by atomic mass is 9.99. The van der Waals surface area contributed by atoms with E-state index in [0.717, 1.165) is 48.2 Å². The molecule has 0 aliphatic carbocycles. The Morgan fingerprint density at radius 3 is 2.77 bits per heavy atom. The third kappa shape index (κ3) is 3.59. The number of anilines is 2. The van der Waals surface area contributed by atoms with Crippen LogP contribution in [0.3, 0.4) is 0 Å². The van der Waals surface area contributed by atoms with E-state index in [1.54, 1.807) is 0 Å². The van der Waals surface area contributed by atoms with Crippen molar-refractivity contribution in [1.82, 2.24) is 19.6 Å². The molecule has 0 bridgehead atoms. The monoisotopic (exact) mass is 414 g/mol. The van der Waals surface area contributed by atoms with E-state index in [4.69, 9.17) is 16.0 Å². The van der Waals surface area contributed by atoms with Crippen molar-refractivity contribution in [2.75, 3.05) is 17.7 Å². The molecule has 0 radical (unpaired) electrons. The number of benzene rings is 2. The molecule has 4 N–H and O–H groups in total. The number of nitrogens with one attached hydrogen (secondary N) is 2. The fourth-order valence-corrected chi connectivity index (χ4v) is 3.91. The predicted octanol–water partition coefficient (Wildman–Crippen LogP) is 4.64. The molecule has 0 spiro atoms. The van der Waals surface area contributed by atoms with Crippen molar-refractivity contribution in [1.29, 1.82) is 5.53 Å². The zero-order chi connectivity index (χ0) is 21.2. The van der Waals surface area contributed by atoms with Gasteiger partial charge in [-0.25, -0.2) is 15.5 Å². The van der Waals surface area contributed by atoms with E-state index < -0.39 is 0 Å². The fourth-order valence-electron chi connectivity index (χ4n) is 3.91. The molecule has 9 heteroatoms. The highest BCUT2D eigenvalue weighted by Crippen LogP contribution is 2.38. The first kappa shape index (κ1) is 19.1. The first-order chi connectivity index (χ1) is 15.2. The van der Waals surface area contributed by atoms with Gasteiger partial charge in [-0.3, -0.25) is 0 Å². The molecule has 2 aromatic heterocycles. The van der Waals surface area contributed by atoms with Crippen LogP contribution in [0.4, 0.5) is 17.3 Å². The van der Waals surface area contributed by atoms with Gasteiger partial charge in [0.1, 0.15) is 18.2 Å². The molecular formula is C22H22N8O. The van der Waals surface area contributed by atoms with E-state index in [1.165, 1.54) is 10.8 Å². The van der Waals surface area contributed by atoms with E-state index in [2.05, 4.69) is 25.5 Å². The van der Waals surface area contributed by atoms with Crippen LogP contribution in [0.15, 0.2) is 60.0 Å². The van der Waals surface area contributed by atoms with Crippen LogP contribution in [0, 0.1) is 5.53 Å². The molecule has 2 aromatic carbocycles. The SMILES string of the molecule is N=Nc1ccc(-c2c(-c3ccccc3)nc(N)n3ncnc23)cc1NC1CCCCO1. The van der Waals surface area contributed by atoms with Crippen LogP contribution in [0.5, 0.6) is 0 Å². The Bertz CT molecular complexity index is 1230. The first-order valence-corrected chi connectivity index (χ1v) is 10.2. The van der Waals surface area contributed by atoms with Gasteiger partial charge >= 0.3 is 0 Å². The van der Waals surface area contributed by atoms with Gasteiger partial charge in [-0.05, 0) is 37.0 Å². The topological polar surface area (TPSA) is 127 Å². The minimum absolute atomic E-state index is 0.101. The number of rotatable bonds is 5. The first-order valence-electron chi connectivity index (χ1n) is 10.2. The van der Waals surface area contributed by atoms with Crippen molar-refractivity contribution in [3.05, 3.63) is 54.9 Å². The molecule has 3 heterocycles. The van der Waals surface area contributed by atoms with Gasteiger partial charge in [0.25, 0.3) is 0 Å². The highest BCUT2D eigenvalue weighted by atomic mass is 16.5. The summed E-state index contributed by atoms with van der Waals surface area (Å²) in [6, 6.07) is 15.5. The van der Waals surface area contributed by atoms with Crippen LogP contribution in [0.1, 0.15) is 19.3 Å². The Hall–Kier alpha value is -3.85. The highest BCUT2D eigenvalue weighted by Gasteiger charge is 2.20. The number of fused-ring (bicyclic) bond motifs is 1. The van der Waals surface area contributed by atoms with Crippen LogP contribution in [0.25, 0.3) is 28.0 Å². The summed E-state index contributed by atoms with van der Waals surface area (Å²) in [4.78, 5) is 9.10. The van der Waals surface area contributed by atoms with E-state index in [1.807, 2.05) is 48.5 Å². The Labute approximate surface area is 178 Å². The molecule has 0 saturated carbocycles. The zero-order valence-corrected chi connectivity index (χ0v) is 16.8. The molecule has 9 nitrogen and oxygen atoms in total. The summed E-state index contributed by atoms with van der Waals surface area (Å²) >= 11 is 0. The summed E-state index contributed by atoms with van der Waals surface area (Å²) in [6.45, 7) is 0.727. The molecule has 1 aliphatic rings. The molecule has 1 saturated heterocycles. The molecule has 31 heavy (non-hydrogen) atoms. The minimum Gasteiger partial charge on any atom is -0.368 e. The largest absolute Gasteiger partial charge is 0.368 e. The van der Waals surface area contributed by atoms with Crippen molar-refractivity contribution in [2.45, 2.75) is 25.5 Å². The van der Waals surface area contributed by atoms with Gasteiger partial charge in [-0.15, -0.1) is 0 Å². The van der Waals surface area contributed by atoms with Crippen molar-refractivity contribution in [3.63, 3.8) is 0 Å². The highest BCUT2D eigenvalue weighted by molar-refractivity contribution is 5.92. The number of nitrogens with zero attached hydrogens (tertiary/aromatic N) is 5. The molecule has 156 valence electrons. The van der Waals surface area contributed by atoms with Crippen molar-refractivity contribution in [3.8, 4) is 22.4 Å². The molecule has 4 aromatic rings. The molecular weight excluding hydrogens is 392 g/mol. The van der Waals surface area contributed by atoms with Crippen LogP contribution in [-0.2, 0) is 4.74 Å². The Morgan fingerprint density at radius 2 is 2.00 bits per heavy atom. The standard InChI is InChI=1S/C22H22N8O/c23-22-28-20(14-6-2-1-3-7-14)19(21-25-13-26-30(21)22)15-9-10-16(29-24)17(12-15)27-18-8-4-5-11-31-18/h1-3,6-7,9-10,12-13,18,24,27H,4-5,8,11H2,(H2,23,28). The third-order valence-electron chi connectivity index (χ3n) is 5.40. The maximum Gasteiger partial charge on any atom is 0.223 e. The van der Waals surface area contributed by atoms with E-state index in [9.17, 15) is 0 Å². The van der Waals surface area contributed by atoms with Gasteiger partial charge in [0.15, 0.2) is 5.65 Å². The van der Waals surface area contributed by atoms with Crippen LogP contribution >= 0.6 is 0 Å². The fraction of sp³-hybridized carbons (Fsp3) is 0.227. The van der Waals surface area contributed by atoms with Gasteiger partial charge in [0, 0.05) is 12.2 Å². The molecule has 1 aliphatic heterocycles. The van der Waals surface area contributed by atoms with Crippen LogP contribution in [0.2, 0.25) is 0 Å². The zero-order valence-electron chi connectivity index (χ0n) is 16.8. The molecule has 1 unspecified atom stereocenters. The lowest BCUT2D eigenvalue weighted by Gasteiger charge is -2.25. The summed E-state index contributed by atoms with van der Waals surface area (Å²) in [5, 5.41) is 11.3. The van der Waals surface area contributed by atoms with Crippen molar-refractivity contribution in [2.24, 2.45) is 5.11 Å². The Kier molecular flexibility index (Phi) is 5.01. The normalized spacial score (nSPS) is 16.3. The number of ether oxygens (including phenoxy) is 1. The number of nitrogens with two attached hydrogens (primary N) is 1. The molecule has 0 amide bonds. The van der Waals surface area contributed by atoms with E-state index in [0.29, 0.717) is 17.0 Å². The van der Waals surface area contributed by atoms with Crippen LogP contribution in [-0.4, -0.2) is 32.4 Å². The quantitative estimate of drug-likeness (QED) is 0.408. The smallest absolute Gasteiger partial charge is 0.223 e. The average molecular weight is 414 g/mol. The number of hydrogen-bond donors (Lipinski definition) is 3. The second kappa shape index (κ2) is 8.11. The van der Waals surface area contributed by atoms with E-state index >= 15 is 0 Å². The summed E-state index contributed by atoms with van der Waals surface area (Å²) in [6.07, 6.45) is 4.44. The minimum atomic E-state index is -0.101. The van der Waals surface area contributed by atoms with Gasteiger partial charge in [0.05, 0.1) is 16.9 Å². The van der Waals surface area contributed by atoms with Crippen LogP contribution < -0.4 is 11.1 Å². The Balaban J connectivity index is 1.68. The van der Waals surface area contributed by atoms with E-state index in [-0.39, 0.29) is 12.2 Å². The van der Waals surface area contributed by atoms with Gasteiger partial charge in [-0.1, -0.05) is 36.4 Å². The molecule has 1 fully saturated rings. The lowest BCUT2D eigenvalue weighted by Crippen LogP contribution is -2.27. The average Bonchev–Trinajstić information content (AvgIpc) is 3.31. The maximum absolute atomic E-state index is 7.58. The second-order valence-electron chi connectivity index (χ2n) is 7.40. The number of hydrogen-bond acceptors (Lipinski definition) is 8. The van der Waals surface area contributed by atoms with Crippen molar-refractivity contribution < 1.29 is 4.74 Å². The molecule has 5 rings (SSSR count). The molecule has 1 atom stereocenters. The predicted molar refractivity (Wildman–Crippen MR) is 118 cm³/mol. The summed E-state index contributed by atoms with van der Waals surface area (Å²) in [5.74, 6) is 0.266. The maximum atomic E-state index is 7.58. The second-order valence-corrected chi connectivity index (χ2v) is 7.40. The van der Waals surface area contributed by atoms with Gasteiger partial charge < -0.3 is 15.8 Å². The lowest BCUT2D eigenvalue weighted by molar-refractivity contribution is 0.0344. The third-order valence-corrected chi connectivity index (χ3v) is 5.40. The number of aromatic nitrogens is 4. The number of nitrogen functional groups attached to an aromatic ring is 1. The summed E-state index contributed by atoms with van der Waals surface area (Å²) in [5.41, 5.74) is 18.9. The summed E-state index contributed by atoms with van der Waals surface area (Å²) < 4.78 is 7.35. The van der Waals surface area contributed by atoms with Crippen molar-refractivity contribution >= 4 is 23.0 Å². The van der Waals surface area contributed by atoms with Gasteiger partial charge in [0.2, 0.25) is 5.95 Å². The summed E-state index contributed by atoms with van der Waals surface area (Å²) in [7, 11) is 0. The van der Waals surface area contributed by atoms with Gasteiger partial charge in [-0.2, -0.15) is 14.7 Å². The Morgan fingerprint density at radius 1 is 1.13 bits per heavy atom.